The van der Waals surface area contributed by atoms with Gasteiger partial charge in [0.15, 0.2) is 11.7 Å². The molecule has 4 atom stereocenters. The fourth-order valence-electron chi connectivity index (χ4n) is 5.03. The van der Waals surface area contributed by atoms with Crippen molar-refractivity contribution < 1.29 is 24.5 Å². The molecule has 1 heterocycles. The van der Waals surface area contributed by atoms with Crippen LogP contribution >= 0.6 is 0 Å². The average Bonchev–Trinajstić information content (AvgIpc) is 2.77. The van der Waals surface area contributed by atoms with E-state index in [0.29, 0.717) is 29.0 Å². The van der Waals surface area contributed by atoms with E-state index in [1.54, 1.807) is 36.4 Å². The van der Waals surface area contributed by atoms with E-state index in [1.165, 1.54) is 7.11 Å². The number of benzene rings is 2. The number of carbonyl (C=O) groups excluding carboxylic acids is 2. The van der Waals surface area contributed by atoms with E-state index in [1.807, 2.05) is 25.1 Å². The Bertz CT molecular complexity index is 1080. The van der Waals surface area contributed by atoms with Crippen LogP contribution in [0.5, 0.6) is 5.75 Å². The Labute approximate surface area is 187 Å². The summed E-state index contributed by atoms with van der Waals surface area (Å²) in [5.41, 5.74) is -0.505. The number of hydrogen-bond donors (Lipinski definition) is 3. The summed E-state index contributed by atoms with van der Waals surface area (Å²) in [5.74, 6) is -0.295. The first-order valence-corrected chi connectivity index (χ1v) is 10.9. The molecule has 1 aliphatic heterocycles. The van der Waals surface area contributed by atoms with Gasteiger partial charge in [-0.05, 0) is 36.0 Å². The van der Waals surface area contributed by atoms with Gasteiger partial charge in [-0.25, -0.2) is 0 Å². The molecule has 3 N–H and O–H groups in total. The predicted octanol–water partition coefficient (Wildman–Crippen LogP) is 4.00. The van der Waals surface area contributed by atoms with E-state index in [-0.39, 0.29) is 22.6 Å². The maximum Gasteiger partial charge on any atom is 0.257 e. The number of Topliss-reactive ketones (excluding diaryl/α,β-unsaturated/α-hetero) is 1. The van der Waals surface area contributed by atoms with Crippen molar-refractivity contribution in [1.29, 1.82) is 0 Å². The van der Waals surface area contributed by atoms with E-state index in [0.717, 1.165) is 12.8 Å². The summed E-state index contributed by atoms with van der Waals surface area (Å²) >= 11 is 0. The highest BCUT2D eigenvalue weighted by Gasteiger charge is 2.51. The molecule has 0 radical (unpaired) electrons. The third kappa shape index (κ3) is 3.63. The maximum atomic E-state index is 12.7. The molecular formula is C26H29NO5. The minimum Gasteiger partial charge on any atom is -0.507 e. The Kier molecular flexibility index (Phi) is 5.69. The minimum atomic E-state index is -1.86. The monoisotopic (exact) mass is 435 g/mol. The van der Waals surface area contributed by atoms with Crippen molar-refractivity contribution in [2.75, 3.05) is 12.4 Å². The lowest BCUT2D eigenvalue weighted by atomic mass is 9.70. The molecule has 1 amide bonds. The number of carbonyl (C=O) groups is 2. The Hall–Kier alpha value is -2.96. The molecule has 32 heavy (non-hydrogen) atoms. The maximum absolute atomic E-state index is 12.7. The first kappa shape index (κ1) is 22.2. The van der Waals surface area contributed by atoms with E-state index >= 15 is 0 Å². The molecule has 1 aliphatic carbocycles. The average molecular weight is 436 g/mol. The Morgan fingerprint density at radius 1 is 1.16 bits per heavy atom. The zero-order valence-electron chi connectivity index (χ0n) is 18.6. The van der Waals surface area contributed by atoms with Crippen LogP contribution in [0.25, 0.3) is 6.08 Å². The number of nitrogens with one attached hydrogen (secondary N) is 1. The van der Waals surface area contributed by atoms with Crippen LogP contribution in [0.1, 0.15) is 49.8 Å². The molecule has 0 bridgehead atoms. The van der Waals surface area contributed by atoms with Crippen molar-refractivity contribution >= 4 is 23.5 Å². The van der Waals surface area contributed by atoms with Gasteiger partial charge < -0.3 is 20.3 Å². The molecule has 2 unspecified atom stereocenters. The second kappa shape index (κ2) is 8.19. The van der Waals surface area contributed by atoms with Crippen molar-refractivity contribution in [2.24, 2.45) is 11.3 Å². The summed E-state index contributed by atoms with van der Waals surface area (Å²) in [6.45, 7) is 4.07. The highest BCUT2D eigenvalue weighted by molar-refractivity contribution is 6.00. The molecule has 1 fully saturated rings. The predicted molar refractivity (Wildman–Crippen MR) is 122 cm³/mol. The zero-order valence-corrected chi connectivity index (χ0v) is 18.6. The van der Waals surface area contributed by atoms with Crippen LogP contribution in [-0.2, 0) is 19.9 Å². The highest BCUT2D eigenvalue weighted by atomic mass is 16.5. The Morgan fingerprint density at radius 3 is 2.53 bits per heavy atom. The number of phenolic OH excluding ortho intramolecular Hbond substituents is 1. The molecule has 2 aromatic rings. The smallest absolute Gasteiger partial charge is 0.257 e. The van der Waals surface area contributed by atoms with Crippen molar-refractivity contribution in [3.63, 3.8) is 0 Å². The van der Waals surface area contributed by atoms with Gasteiger partial charge in [-0.3, -0.25) is 9.59 Å². The number of methoxy groups -OCH3 is 1. The van der Waals surface area contributed by atoms with Gasteiger partial charge in [-0.1, -0.05) is 56.3 Å². The quantitative estimate of drug-likeness (QED) is 0.675. The number of fused-ring (bicyclic) bond motifs is 1. The number of ether oxygens (including phenoxy) is 1. The van der Waals surface area contributed by atoms with E-state index < -0.39 is 17.6 Å². The molecule has 2 aromatic carbocycles. The second-order valence-corrected chi connectivity index (χ2v) is 9.22. The number of allylic oxidation sites excluding steroid dienone is 1. The Morgan fingerprint density at radius 2 is 1.88 bits per heavy atom. The first-order chi connectivity index (χ1) is 15.2. The van der Waals surface area contributed by atoms with Crippen LogP contribution < -0.4 is 5.32 Å². The summed E-state index contributed by atoms with van der Waals surface area (Å²) in [5, 5.41) is 25.9. The van der Waals surface area contributed by atoms with Crippen LogP contribution in [0.3, 0.4) is 0 Å². The summed E-state index contributed by atoms with van der Waals surface area (Å²) in [6.07, 6.45) is 4.70. The van der Waals surface area contributed by atoms with Gasteiger partial charge in [-0.15, -0.1) is 0 Å². The van der Waals surface area contributed by atoms with Gasteiger partial charge >= 0.3 is 0 Å². The number of hydrogen-bond acceptors (Lipinski definition) is 5. The van der Waals surface area contributed by atoms with Gasteiger partial charge in [-0.2, -0.15) is 0 Å². The normalized spacial score (nSPS) is 30.2. The molecule has 2 aliphatic rings. The topological polar surface area (TPSA) is 95.9 Å². The second-order valence-electron chi connectivity index (χ2n) is 9.22. The lowest BCUT2D eigenvalue weighted by Crippen LogP contribution is -2.52. The molecule has 0 saturated heterocycles. The van der Waals surface area contributed by atoms with E-state index in [4.69, 9.17) is 4.74 Å². The molecule has 6 heteroatoms. The lowest BCUT2D eigenvalue weighted by molar-refractivity contribution is -0.142. The van der Waals surface area contributed by atoms with Crippen LogP contribution in [-0.4, -0.2) is 35.1 Å². The third-order valence-corrected chi connectivity index (χ3v) is 6.85. The van der Waals surface area contributed by atoms with Crippen LogP contribution in [0.15, 0.2) is 48.5 Å². The molecule has 4 rings (SSSR count). The molecule has 0 aromatic heterocycles. The molecule has 6 nitrogen and oxygen atoms in total. The summed E-state index contributed by atoms with van der Waals surface area (Å²) < 4.78 is 5.40. The number of aromatic hydroxyl groups is 1. The number of aliphatic hydroxyl groups is 1. The highest BCUT2D eigenvalue weighted by Crippen LogP contribution is 2.48. The minimum absolute atomic E-state index is 0.0105. The van der Waals surface area contributed by atoms with Gasteiger partial charge in [0.05, 0.1) is 11.3 Å². The number of amides is 1. The lowest BCUT2D eigenvalue weighted by Gasteiger charge is -2.40. The molecular weight excluding hydrogens is 406 g/mol. The van der Waals surface area contributed by atoms with E-state index in [9.17, 15) is 19.8 Å². The fraction of sp³-hybridized carbons (Fsp3) is 0.385. The van der Waals surface area contributed by atoms with Crippen LogP contribution in [0, 0.1) is 11.3 Å². The summed E-state index contributed by atoms with van der Waals surface area (Å²) in [7, 11) is 1.36. The third-order valence-electron chi connectivity index (χ3n) is 6.85. The zero-order chi connectivity index (χ0) is 23.1. The van der Waals surface area contributed by atoms with Gasteiger partial charge in [0, 0.05) is 25.0 Å². The standard InChI is InChI=1S/C26H29NO5/c1-16-15-25(2,14-12-20(16)28)13-11-17-9-10-19-21(22(17)29)26(31,18-7-5-4-6-8-18)23(32-3)24(30)27-19/h4-11,13,16,23,29,31H,12,14-15H2,1-3H3,(H,27,30)/b13-11+/t16?,23-,25?,26+/m1/s1. The van der Waals surface area contributed by atoms with Crippen LogP contribution in [0.4, 0.5) is 5.69 Å². The summed E-state index contributed by atoms with van der Waals surface area (Å²) in [4.78, 5) is 24.6. The van der Waals surface area contributed by atoms with Gasteiger partial charge in [0.2, 0.25) is 0 Å². The largest absolute Gasteiger partial charge is 0.507 e. The Balaban J connectivity index is 1.80. The molecule has 168 valence electrons. The van der Waals surface area contributed by atoms with Crippen molar-refractivity contribution in [3.8, 4) is 5.75 Å². The first-order valence-electron chi connectivity index (χ1n) is 10.9. The van der Waals surface area contributed by atoms with Gasteiger partial charge in [0.25, 0.3) is 5.91 Å². The van der Waals surface area contributed by atoms with Crippen molar-refractivity contribution in [3.05, 3.63) is 65.2 Å². The number of ketones is 1. The molecule has 1 saturated carbocycles. The molecule has 0 spiro atoms. The summed E-state index contributed by atoms with van der Waals surface area (Å²) in [6, 6.07) is 12.1. The fourth-order valence-corrected chi connectivity index (χ4v) is 5.03. The number of anilines is 1. The van der Waals surface area contributed by atoms with Crippen LogP contribution in [0.2, 0.25) is 0 Å². The number of rotatable bonds is 4. The van der Waals surface area contributed by atoms with Crippen molar-refractivity contribution in [2.45, 2.75) is 44.8 Å². The SMILES string of the molecule is CO[C@@H]1C(=O)Nc2ccc(/C=C/C3(C)CCC(=O)C(C)C3)c(O)c2[C@@]1(O)c1ccccc1. The number of phenols is 1. The van der Waals surface area contributed by atoms with Crippen molar-refractivity contribution in [1.82, 2.24) is 0 Å². The van der Waals surface area contributed by atoms with Gasteiger partial charge in [0.1, 0.15) is 11.5 Å². The van der Waals surface area contributed by atoms with E-state index in [2.05, 4.69) is 12.2 Å².